The lowest BCUT2D eigenvalue weighted by Gasteiger charge is -2.28. The summed E-state index contributed by atoms with van der Waals surface area (Å²) in [5, 5.41) is 0. The van der Waals surface area contributed by atoms with Gasteiger partial charge in [0.15, 0.2) is 0 Å². The standard InChI is InChI=1S/C15H25N3O/c1-3-5-12-6-4-8-15(16,9-7-12)13-14(19-2)18-11-10-17-13/h10-12H,3-9,16H2,1-2H3. The van der Waals surface area contributed by atoms with E-state index in [1.807, 2.05) is 0 Å². The van der Waals surface area contributed by atoms with Crippen molar-refractivity contribution in [1.29, 1.82) is 0 Å². The van der Waals surface area contributed by atoms with Gasteiger partial charge in [0.25, 0.3) is 0 Å². The molecule has 1 heterocycles. The van der Waals surface area contributed by atoms with Gasteiger partial charge in [-0.05, 0) is 25.2 Å². The van der Waals surface area contributed by atoms with Gasteiger partial charge in [-0.2, -0.15) is 0 Å². The van der Waals surface area contributed by atoms with Crippen LogP contribution in [-0.2, 0) is 5.54 Å². The third-order valence-electron chi connectivity index (χ3n) is 4.26. The zero-order chi connectivity index (χ0) is 13.7. The van der Waals surface area contributed by atoms with E-state index in [1.54, 1.807) is 19.5 Å². The topological polar surface area (TPSA) is 61.0 Å². The normalized spacial score (nSPS) is 27.8. The van der Waals surface area contributed by atoms with Crippen molar-refractivity contribution < 1.29 is 4.74 Å². The van der Waals surface area contributed by atoms with Crippen molar-refractivity contribution in [3.63, 3.8) is 0 Å². The van der Waals surface area contributed by atoms with E-state index in [1.165, 1.54) is 32.1 Å². The molecule has 0 aromatic carbocycles. The van der Waals surface area contributed by atoms with Crippen LogP contribution < -0.4 is 10.5 Å². The number of nitrogens with two attached hydrogens (primary N) is 1. The molecule has 1 fully saturated rings. The van der Waals surface area contributed by atoms with Crippen LogP contribution in [-0.4, -0.2) is 17.1 Å². The molecule has 2 rings (SSSR count). The van der Waals surface area contributed by atoms with E-state index >= 15 is 0 Å². The molecule has 4 nitrogen and oxygen atoms in total. The fourth-order valence-electron chi connectivity index (χ4n) is 3.19. The van der Waals surface area contributed by atoms with Crippen LogP contribution in [0, 0.1) is 5.92 Å². The molecule has 1 aliphatic rings. The van der Waals surface area contributed by atoms with E-state index in [4.69, 9.17) is 10.5 Å². The van der Waals surface area contributed by atoms with Gasteiger partial charge in [0.2, 0.25) is 5.88 Å². The first kappa shape index (κ1) is 14.3. The fourth-order valence-corrected chi connectivity index (χ4v) is 3.19. The summed E-state index contributed by atoms with van der Waals surface area (Å²) in [6.07, 6.45) is 11.5. The van der Waals surface area contributed by atoms with Crippen molar-refractivity contribution in [2.45, 2.75) is 57.4 Å². The lowest BCUT2D eigenvalue weighted by Crippen LogP contribution is -2.37. The van der Waals surface area contributed by atoms with Crippen LogP contribution in [0.3, 0.4) is 0 Å². The second-order valence-corrected chi connectivity index (χ2v) is 5.66. The van der Waals surface area contributed by atoms with Crippen LogP contribution in [0.25, 0.3) is 0 Å². The van der Waals surface area contributed by atoms with E-state index in [-0.39, 0.29) is 5.54 Å². The van der Waals surface area contributed by atoms with Gasteiger partial charge < -0.3 is 10.5 Å². The first-order chi connectivity index (χ1) is 9.19. The monoisotopic (exact) mass is 263 g/mol. The third kappa shape index (κ3) is 3.24. The van der Waals surface area contributed by atoms with Gasteiger partial charge in [-0.1, -0.05) is 32.6 Å². The molecule has 0 radical (unpaired) electrons. The molecule has 0 aliphatic heterocycles. The Kier molecular flexibility index (Phi) is 4.75. The van der Waals surface area contributed by atoms with E-state index < -0.39 is 0 Å². The summed E-state index contributed by atoms with van der Waals surface area (Å²) in [7, 11) is 1.63. The zero-order valence-corrected chi connectivity index (χ0v) is 12.1. The Labute approximate surface area is 115 Å². The van der Waals surface area contributed by atoms with Crippen molar-refractivity contribution in [3.8, 4) is 5.88 Å². The fraction of sp³-hybridized carbons (Fsp3) is 0.733. The Morgan fingerprint density at radius 1 is 1.32 bits per heavy atom. The molecule has 19 heavy (non-hydrogen) atoms. The molecule has 1 aromatic rings. The summed E-state index contributed by atoms with van der Waals surface area (Å²) in [6.45, 7) is 2.26. The minimum atomic E-state index is -0.373. The number of hydrogen-bond donors (Lipinski definition) is 1. The molecule has 0 spiro atoms. The number of aromatic nitrogens is 2. The van der Waals surface area contributed by atoms with Crippen LogP contribution in [0.15, 0.2) is 12.4 Å². The summed E-state index contributed by atoms with van der Waals surface area (Å²) in [5.74, 6) is 1.40. The molecule has 2 N–H and O–H groups in total. The third-order valence-corrected chi connectivity index (χ3v) is 4.26. The second kappa shape index (κ2) is 6.33. The average Bonchev–Trinajstić information content (AvgIpc) is 2.63. The van der Waals surface area contributed by atoms with Crippen LogP contribution in [0.1, 0.15) is 57.6 Å². The summed E-state index contributed by atoms with van der Waals surface area (Å²) in [6, 6.07) is 0. The van der Waals surface area contributed by atoms with Crippen molar-refractivity contribution in [3.05, 3.63) is 18.1 Å². The lowest BCUT2D eigenvalue weighted by atomic mass is 9.87. The van der Waals surface area contributed by atoms with Crippen molar-refractivity contribution in [2.24, 2.45) is 11.7 Å². The molecule has 1 aliphatic carbocycles. The van der Waals surface area contributed by atoms with Crippen LogP contribution in [0.2, 0.25) is 0 Å². The van der Waals surface area contributed by atoms with E-state index in [0.717, 1.165) is 24.5 Å². The van der Waals surface area contributed by atoms with Crippen molar-refractivity contribution in [2.75, 3.05) is 7.11 Å². The molecule has 4 heteroatoms. The molecule has 106 valence electrons. The Morgan fingerprint density at radius 2 is 2.11 bits per heavy atom. The maximum absolute atomic E-state index is 6.63. The predicted molar refractivity (Wildman–Crippen MR) is 75.9 cm³/mol. The number of ether oxygens (including phenoxy) is 1. The Morgan fingerprint density at radius 3 is 2.84 bits per heavy atom. The van der Waals surface area contributed by atoms with Crippen LogP contribution in [0.4, 0.5) is 0 Å². The van der Waals surface area contributed by atoms with E-state index in [0.29, 0.717) is 5.88 Å². The number of hydrogen-bond acceptors (Lipinski definition) is 4. The second-order valence-electron chi connectivity index (χ2n) is 5.66. The first-order valence-electron chi connectivity index (χ1n) is 7.34. The highest BCUT2D eigenvalue weighted by molar-refractivity contribution is 5.26. The highest BCUT2D eigenvalue weighted by Crippen LogP contribution is 2.38. The number of rotatable bonds is 4. The molecule has 0 amide bonds. The molecular weight excluding hydrogens is 238 g/mol. The SMILES string of the molecule is CCCC1CCCC(N)(c2nccnc2OC)CC1. The van der Waals surface area contributed by atoms with Gasteiger partial charge >= 0.3 is 0 Å². The number of nitrogens with zero attached hydrogens (tertiary/aromatic N) is 2. The Hall–Kier alpha value is -1.16. The molecule has 0 saturated heterocycles. The van der Waals surface area contributed by atoms with Crippen molar-refractivity contribution in [1.82, 2.24) is 9.97 Å². The predicted octanol–water partition coefficient (Wildman–Crippen LogP) is 3.02. The van der Waals surface area contributed by atoms with Crippen molar-refractivity contribution >= 4 is 0 Å². The minimum Gasteiger partial charge on any atom is -0.480 e. The van der Waals surface area contributed by atoms with E-state index in [9.17, 15) is 0 Å². The largest absolute Gasteiger partial charge is 0.480 e. The molecule has 1 aromatic heterocycles. The van der Waals surface area contributed by atoms with Gasteiger partial charge in [-0.3, -0.25) is 4.98 Å². The summed E-state index contributed by atoms with van der Waals surface area (Å²) >= 11 is 0. The Balaban J connectivity index is 2.18. The Bertz CT molecular complexity index is 410. The molecule has 2 unspecified atom stereocenters. The summed E-state index contributed by atoms with van der Waals surface area (Å²) in [5.41, 5.74) is 7.09. The van der Waals surface area contributed by atoms with E-state index in [2.05, 4.69) is 16.9 Å². The lowest BCUT2D eigenvalue weighted by molar-refractivity contribution is 0.323. The van der Waals surface area contributed by atoms with Gasteiger partial charge in [0, 0.05) is 12.4 Å². The molecule has 0 bridgehead atoms. The summed E-state index contributed by atoms with van der Waals surface area (Å²) in [4.78, 5) is 8.68. The van der Waals surface area contributed by atoms with Gasteiger partial charge in [0.1, 0.15) is 5.69 Å². The maximum atomic E-state index is 6.63. The van der Waals surface area contributed by atoms with Gasteiger partial charge in [-0.15, -0.1) is 0 Å². The highest BCUT2D eigenvalue weighted by Gasteiger charge is 2.35. The first-order valence-corrected chi connectivity index (χ1v) is 7.34. The zero-order valence-electron chi connectivity index (χ0n) is 12.1. The van der Waals surface area contributed by atoms with Crippen LogP contribution in [0.5, 0.6) is 5.88 Å². The smallest absolute Gasteiger partial charge is 0.237 e. The maximum Gasteiger partial charge on any atom is 0.237 e. The highest BCUT2D eigenvalue weighted by atomic mass is 16.5. The molecular formula is C15H25N3O. The minimum absolute atomic E-state index is 0.373. The van der Waals surface area contributed by atoms with Crippen LogP contribution >= 0.6 is 0 Å². The summed E-state index contributed by atoms with van der Waals surface area (Å²) < 4.78 is 5.33. The molecule has 1 saturated carbocycles. The molecule has 2 atom stereocenters. The van der Waals surface area contributed by atoms with Gasteiger partial charge in [0.05, 0.1) is 12.6 Å². The average molecular weight is 263 g/mol. The number of methoxy groups -OCH3 is 1. The quantitative estimate of drug-likeness (QED) is 0.848. The van der Waals surface area contributed by atoms with Gasteiger partial charge in [-0.25, -0.2) is 4.98 Å².